The number of aryl methyl sites for hydroxylation is 1. The van der Waals surface area contributed by atoms with Crippen molar-refractivity contribution in [3.05, 3.63) is 107 Å². The maximum absolute atomic E-state index is 5.94. The number of aromatic nitrogens is 2. The van der Waals surface area contributed by atoms with Crippen molar-refractivity contribution < 1.29 is 14.2 Å². The molecule has 4 aromatic rings. The lowest BCUT2D eigenvalue weighted by Crippen LogP contribution is -2.35. The predicted octanol–water partition coefficient (Wildman–Crippen LogP) is 5.16. The summed E-state index contributed by atoms with van der Waals surface area (Å²) >= 11 is 0. The van der Waals surface area contributed by atoms with E-state index in [1.807, 2.05) is 29.9 Å². The Kier molecular flexibility index (Phi) is 6.73. The molecule has 0 N–H and O–H groups in total. The summed E-state index contributed by atoms with van der Waals surface area (Å²) in [4.78, 5) is 6.85. The molecule has 6 heteroatoms. The molecule has 0 amide bonds. The number of imidazole rings is 1. The lowest BCUT2D eigenvalue weighted by molar-refractivity contribution is 0.203. The molecule has 1 aromatic heterocycles. The lowest BCUT2D eigenvalue weighted by Gasteiger charge is -2.38. The van der Waals surface area contributed by atoms with Gasteiger partial charge in [0.05, 0.1) is 20.3 Å². The Bertz CT molecular complexity index is 1270. The van der Waals surface area contributed by atoms with Crippen LogP contribution in [0.3, 0.4) is 0 Å². The van der Waals surface area contributed by atoms with Crippen LogP contribution in [0.4, 0.5) is 0 Å². The Hall–Kier alpha value is -3.77. The van der Waals surface area contributed by atoms with Crippen molar-refractivity contribution in [2.24, 2.45) is 7.05 Å². The number of ether oxygens (including phenoxy) is 3. The van der Waals surface area contributed by atoms with Crippen LogP contribution in [0.25, 0.3) is 0 Å². The molecule has 3 aromatic carbocycles. The van der Waals surface area contributed by atoms with E-state index < -0.39 is 0 Å². The van der Waals surface area contributed by atoms with Crippen LogP contribution in [-0.4, -0.2) is 35.2 Å². The summed E-state index contributed by atoms with van der Waals surface area (Å²) in [7, 11) is 5.36. The van der Waals surface area contributed by atoms with Crippen LogP contribution in [-0.2, 0) is 26.6 Å². The second-order valence-electron chi connectivity index (χ2n) is 8.83. The van der Waals surface area contributed by atoms with E-state index in [9.17, 15) is 0 Å². The Morgan fingerprint density at radius 1 is 0.943 bits per heavy atom. The van der Waals surface area contributed by atoms with Crippen molar-refractivity contribution in [1.29, 1.82) is 0 Å². The number of hydrogen-bond donors (Lipinski definition) is 0. The Morgan fingerprint density at radius 3 is 2.37 bits per heavy atom. The zero-order chi connectivity index (χ0) is 24.2. The molecule has 0 fully saturated rings. The first-order chi connectivity index (χ1) is 17.2. The van der Waals surface area contributed by atoms with Gasteiger partial charge >= 0.3 is 0 Å². The van der Waals surface area contributed by atoms with Gasteiger partial charge in [-0.1, -0.05) is 42.5 Å². The van der Waals surface area contributed by atoms with Gasteiger partial charge in [-0.25, -0.2) is 4.98 Å². The van der Waals surface area contributed by atoms with Gasteiger partial charge in [0.2, 0.25) is 0 Å². The standard InChI is InChI=1S/C29H31N3O3/c1-31-16-14-30-28(31)20-35-24-11-9-21(10-12-24)19-32-15-13-23-17-26(33-2)27(34-3)18-25(23)29(32)22-7-5-4-6-8-22/h4-12,14,16-18,29H,13,15,19-20H2,1-3H3. The minimum absolute atomic E-state index is 0.138. The van der Waals surface area contributed by atoms with Gasteiger partial charge in [-0.15, -0.1) is 0 Å². The van der Waals surface area contributed by atoms with Gasteiger partial charge in [0, 0.05) is 32.5 Å². The molecule has 1 aliphatic rings. The minimum atomic E-state index is 0.138. The lowest BCUT2D eigenvalue weighted by atomic mass is 9.87. The maximum Gasteiger partial charge on any atom is 0.161 e. The summed E-state index contributed by atoms with van der Waals surface area (Å²) in [5.41, 5.74) is 5.11. The number of hydrogen-bond acceptors (Lipinski definition) is 5. The second kappa shape index (κ2) is 10.2. The molecule has 0 saturated carbocycles. The highest BCUT2D eigenvalue weighted by atomic mass is 16.5. The topological polar surface area (TPSA) is 48.8 Å². The van der Waals surface area contributed by atoms with Crippen LogP contribution in [0.15, 0.2) is 79.1 Å². The fraction of sp³-hybridized carbons (Fsp3) is 0.276. The summed E-state index contributed by atoms with van der Waals surface area (Å²) in [5.74, 6) is 3.30. The second-order valence-corrected chi connectivity index (χ2v) is 8.83. The fourth-order valence-electron chi connectivity index (χ4n) is 4.80. The molecule has 0 saturated heterocycles. The van der Waals surface area contributed by atoms with Crippen LogP contribution in [0, 0.1) is 0 Å². The van der Waals surface area contributed by atoms with E-state index in [0.29, 0.717) is 6.61 Å². The van der Waals surface area contributed by atoms with Crippen LogP contribution in [0.5, 0.6) is 17.2 Å². The van der Waals surface area contributed by atoms with Crippen LogP contribution in [0.1, 0.15) is 34.1 Å². The largest absolute Gasteiger partial charge is 0.493 e. The van der Waals surface area contributed by atoms with E-state index in [4.69, 9.17) is 14.2 Å². The third-order valence-electron chi connectivity index (χ3n) is 6.69. The van der Waals surface area contributed by atoms with Gasteiger partial charge in [0.25, 0.3) is 0 Å². The molecule has 1 aliphatic heterocycles. The van der Waals surface area contributed by atoms with Crippen molar-refractivity contribution >= 4 is 0 Å². The number of benzene rings is 3. The third kappa shape index (κ3) is 4.88. The quantitative estimate of drug-likeness (QED) is 0.357. The van der Waals surface area contributed by atoms with E-state index in [1.165, 1.54) is 22.3 Å². The summed E-state index contributed by atoms with van der Waals surface area (Å²) in [6.45, 7) is 2.25. The molecular weight excluding hydrogens is 438 g/mol. The molecule has 180 valence electrons. The summed E-state index contributed by atoms with van der Waals surface area (Å²) in [6, 6.07) is 23.5. The monoisotopic (exact) mass is 469 g/mol. The SMILES string of the molecule is COc1cc2c(cc1OC)C(c1ccccc1)N(Cc1ccc(OCc3nccn3C)cc1)CC2. The normalized spacial score (nSPS) is 15.5. The maximum atomic E-state index is 5.94. The highest BCUT2D eigenvalue weighted by Crippen LogP contribution is 2.41. The number of fused-ring (bicyclic) bond motifs is 1. The molecule has 1 atom stereocenters. The third-order valence-corrected chi connectivity index (χ3v) is 6.69. The zero-order valence-corrected chi connectivity index (χ0v) is 20.5. The minimum Gasteiger partial charge on any atom is -0.493 e. The van der Waals surface area contributed by atoms with Crippen molar-refractivity contribution in [2.45, 2.75) is 25.6 Å². The molecule has 0 bridgehead atoms. The first kappa shape index (κ1) is 23.0. The van der Waals surface area contributed by atoms with E-state index in [2.05, 4.69) is 64.5 Å². The number of rotatable bonds is 8. The van der Waals surface area contributed by atoms with Gasteiger partial charge in [-0.05, 0) is 52.9 Å². The Balaban J connectivity index is 1.38. The molecule has 6 nitrogen and oxygen atoms in total. The van der Waals surface area contributed by atoms with Crippen molar-refractivity contribution in [3.8, 4) is 17.2 Å². The molecule has 0 radical (unpaired) electrons. The van der Waals surface area contributed by atoms with Crippen LogP contribution < -0.4 is 14.2 Å². The highest BCUT2D eigenvalue weighted by Gasteiger charge is 2.30. The molecule has 5 rings (SSSR count). The predicted molar refractivity (Wildman–Crippen MR) is 136 cm³/mol. The summed E-state index contributed by atoms with van der Waals surface area (Å²) < 4.78 is 19.1. The molecule has 1 unspecified atom stereocenters. The van der Waals surface area contributed by atoms with Gasteiger partial charge in [-0.2, -0.15) is 0 Å². The van der Waals surface area contributed by atoms with Gasteiger partial charge in [0.1, 0.15) is 18.2 Å². The molecule has 2 heterocycles. The number of nitrogens with zero attached hydrogens (tertiary/aromatic N) is 3. The van der Waals surface area contributed by atoms with Crippen molar-refractivity contribution in [1.82, 2.24) is 14.5 Å². The van der Waals surface area contributed by atoms with Crippen molar-refractivity contribution in [2.75, 3.05) is 20.8 Å². The molecule has 0 aliphatic carbocycles. The Labute approximate surface area is 206 Å². The van der Waals surface area contributed by atoms with E-state index in [1.54, 1.807) is 20.4 Å². The van der Waals surface area contributed by atoms with E-state index >= 15 is 0 Å². The zero-order valence-electron chi connectivity index (χ0n) is 20.5. The average molecular weight is 470 g/mol. The van der Waals surface area contributed by atoms with Crippen LogP contribution >= 0.6 is 0 Å². The Morgan fingerprint density at radius 2 is 1.69 bits per heavy atom. The molecule has 0 spiro atoms. The van der Waals surface area contributed by atoms with Crippen LogP contribution in [0.2, 0.25) is 0 Å². The fourth-order valence-corrected chi connectivity index (χ4v) is 4.80. The van der Waals surface area contributed by atoms with E-state index in [-0.39, 0.29) is 6.04 Å². The van der Waals surface area contributed by atoms with Gasteiger partial charge in [-0.3, -0.25) is 4.90 Å². The van der Waals surface area contributed by atoms with Gasteiger partial charge < -0.3 is 18.8 Å². The first-order valence-corrected chi connectivity index (χ1v) is 11.9. The summed E-state index contributed by atoms with van der Waals surface area (Å²) in [6.07, 6.45) is 4.67. The highest BCUT2D eigenvalue weighted by molar-refractivity contribution is 5.51. The first-order valence-electron chi connectivity index (χ1n) is 11.9. The van der Waals surface area contributed by atoms with Crippen molar-refractivity contribution in [3.63, 3.8) is 0 Å². The average Bonchev–Trinajstić information content (AvgIpc) is 3.32. The smallest absolute Gasteiger partial charge is 0.161 e. The van der Waals surface area contributed by atoms with Gasteiger partial charge in [0.15, 0.2) is 11.5 Å². The molecule has 35 heavy (non-hydrogen) atoms. The van der Waals surface area contributed by atoms with E-state index in [0.717, 1.165) is 42.6 Å². The molecular formula is C29H31N3O3. The summed E-state index contributed by atoms with van der Waals surface area (Å²) in [5, 5.41) is 0. The number of methoxy groups -OCH3 is 2.